The van der Waals surface area contributed by atoms with Crippen molar-refractivity contribution < 1.29 is 18.7 Å². The van der Waals surface area contributed by atoms with E-state index in [2.05, 4.69) is 9.97 Å². The van der Waals surface area contributed by atoms with E-state index in [1.54, 1.807) is 54.1 Å². The number of aromatic nitrogens is 4. The van der Waals surface area contributed by atoms with E-state index < -0.39 is 24.3 Å². The minimum absolute atomic E-state index is 0.0924. The van der Waals surface area contributed by atoms with Gasteiger partial charge in [0.1, 0.15) is 18.2 Å². The molecule has 4 aromatic rings. The molecule has 11 heteroatoms. The highest BCUT2D eigenvalue weighted by atomic mass is 19.1. The molecule has 3 heterocycles. The first-order chi connectivity index (χ1) is 18.2. The van der Waals surface area contributed by atoms with Crippen LogP contribution < -0.4 is 10.5 Å². The second kappa shape index (κ2) is 9.97. The molecule has 1 aliphatic rings. The van der Waals surface area contributed by atoms with Crippen molar-refractivity contribution in [2.45, 2.75) is 25.9 Å². The van der Waals surface area contributed by atoms with Crippen molar-refractivity contribution in [3.05, 3.63) is 76.3 Å². The lowest BCUT2D eigenvalue weighted by molar-refractivity contribution is -0.136. The lowest BCUT2D eigenvalue weighted by Crippen LogP contribution is -2.55. The summed E-state index contributed by atoms with van der Waals surface area (Å²) in [5, 5.41) is 9.59. The lowest BCUT2D eigenvalue weighted by atomic mass is 10.1. The maximum Gasteiger partial charge on any atom is 0.274 e. The molecule has 1 fully saturated rings. The quantitative estimate of drug-likeness (QED) is 0.433. The standard InChI is InChI=1S/C27H28F2N6O3/c1-16-14-33(9-10-34(16)24(37)15-36)27-30-12-19(13-31-27)18-7-8-20-23(11-18)35(32(3)26(20)38)17(2)25-21(28)5-4-6-22(25)29/h4-8,11-13,16-17,36H,9-10,14-15H2,1-3H3/t16-,17?/m1/s1. The van der Waals surface area contributed by atoms with Crippen LogP contribution in [-0.2, 0) is 11.8 Å². The number of halogens is 2. The van der Waals surface area contributed by atoms with Gasteiger partial charge in [-0.25, -0.2) is 18.7 Å². The van der Waals surface area contributed by atoms with Crippen molar-refractivity contribution in [3.8, 4) is 11.1 Å². The lowest BCUT2D eigenvalue weighted by Gasteiger charge is -2.39. The van der Waals surface area contributed by atoms with E-state index in [4.69, 9.17) is 5.11 Å². The number of aliphatic hydroxyl groups is 1. The average Bonchev–Trinajstić information content (AvgIpc) is 3.17. The van der Waals surface area contributed by atoms with E-state index in [0.29, 0.717) is 42.0 Å². The number of hydrogen-bond donors (Lipinski definition) is 1. The summed E-state index contributed by atoms with van der Waals surface area (Å²) in [6, 6.07) is 8.13. The highest BCUT2D eigenvalue weighted by molar-refractivity contribution is 5.84. The summed E-state index contributed by atoms with van der Waals surface area (Å²) in [5.74, 6) is -1.13. The van der Waals surface area contributed by atoms with E-state index >= 15 is 0 Å². The van der Waals surface area contributed by atoms with E-state index in [9.17, 15) is 18.4 Å². The number of fused-ring (bicyclic) bond motifs is 1. The van der Waals surface area contributed by atoms with Crippen LogP contribution >= 0.6 is 0 Å². The molecule has 0 bridgehead atoms. The molecule has 0 spiro atoms. The molecule has 2 atom stereocenters. The van der Waals surface area contributed by atoms with Gasteiger partial charge in [-0.15, -0.1) is 0 Å². The van der Waals surface area contributed by atoms with Crippen molar-refractivity contribution in [2.75, 3.05) is 31.1 Å². The predicted octanol–water partition coefficient (Wildman–Crippen LogP) is 2.71. The molecule has 0 aliphatic carbocycles. The predicted molar refractivity (Wildman–Crippen MR) is 139 cm³/mol. The van der Waals surface area contributed by atoms with Gasteiger partial charge in [-0.2, -0.15) is 0 Å². The number of amides is 1. The van der Waals surface area contributed by atoms with E-state index in [-0.39, 0.29) is 23.1 Å². The molecule has 1 aliphatic heterocycles. The number of carbonyl (C=O) groups excluding carboxylic acids is 1. The van der Waals surface area contributed by atoms with Gasteiger partial charge in [-0.1, -0.05) is 12.1 Å². The van der Waals surface area contributed by atoms with Crippen molar-refractivity contribution in [2.24, 2.45) is 7.05 Å². The molecule has 1 amide bonds. The first kappa shape index (κ1) is 25.5. The van der Waals surface area contributed by atoms with Crippen LogP contribution in [-0.4, -0.2) is 67.5 Å². The van der Waals surface area contributed by atoms with Gasteiger partial charge in [0.15, 0.2) is 0 Å². The Balaban J connectivity index is 1.46. The van der Waals surface area contributed by atoms with Gasteiger partial charge in [0.25, 0.3) is 5.56 Å². The van der Waals surface area contributed by atoms with Gasteiger partial charge >= 0.3 is 0 Å². The van der Waals surface area contributed by atoms with Gasteiger partial charge in [0.05, 0.1) is 16.9 Å². The molecule has 0 radical (unpaired) electrons. The fourth-order valence-corrected chi connectivity index (χ4v) is 5.25. The maximum absolute atomic E-state index is 14.6. The van der Waals surface area contributed by atoms with Gasteiger partial charge in [-0.3, -0.25) is 19.0 Å². The van der Waals surface area contributed by atoms with Crippen molar-refractivity contribution in [3.63, 3.8) is 0 Å². The Labute approximate surface area is 217 Å². The molecule has 9 nitrogen and oxygen atoms in total. The summed E-state index contributed by atoms with van der Waals surface area (Å²) in [6.07, 6.45) is 3.37. The Hall–Kier alpha value is -4.12. The molecule has 0 saturated carbocycles. The fourth-order valence-electron chi connectivity index (χ4n) is 5.25. The topological polar surface area (TPSA) is 96.5 Å². The SMILES string of the molecule is CC(c1c(F)cccc1F)n1c2cc(-c3cnc(N4CCN(C(=O)CO)[C@H](C)C4)nc3)ccc2c(=O)n1C. The smallest absolute Gasteiger partial charge is 0.274 e. The van der Waals surface area contributed by atoms with Crippen LogP contribution in [0, 0.1) is 11.6 Å². The maximum atomic E-state index is 14.6. The third-order valence-corrected chi connectivity index (χ3v) is 7.21. The monoisotopic (exact) mass is 522 g/mol. The molecule has 1 saturated heterocycles. The Morgan fingerprint density at radius 1 is 1.11 bits per heavy atom. The first-order valence-corrected chi connectivity index (χ1v) is 12.3. The number of piperazine rings is 1. The Bertz CT molecular complexity index is 1550. The van der Waals surface area contributed by atoms with E-state index in [0.717, 1.165) is 5.56 Å². The Kier molecular flexibility index (Phi) is 6.70. The minimum atomic E-state index is -0.779. The Morgan fingerprint density at radius 2 is 1.79 bits per heavy atom. The molecule has 5 rings (SSSR count). The van der Waals surface area contributed by atoms with Crippen molar-refractivity contribution in [1.29, 1.82) is 0 Å². The van der Waals surface area contributed by atoms with E-state index in [1.807, 2.05) is 11.8 Å². The number of carbonyl (C=O) groups is 1. The van der Waals surface area contributed by atoms with Gasteiger partial charge in [-0.05, 0) is 43.7 Å². The number of anilines is 1. The van der Waals surface area contributed by atoms with Gasteiger partial charge < -0.3 is 14.9 Å². The number of nitrogens with zero attached hydrogens (tertiary/aromatic N) is 6. The highest BCUT2D eigenvalue weighted by Crippen LogP contribution is 2.29. The third-order valence-electron chi connectivity index (χ3n) is 7.21. The number of rotatable bonds is 5. The summed E-state index contributed by atoms with van der Waals surface area (Å²) in [5.41, 5.74) is 1.61. The molecular formula is C27H28F2N6O3. The molecule has 1 unspecified atom stereocenters. The Morgan fingerprint density at radius 3 is 2.42 bits per heavy atom. The second-order valence-electron chi connectivity index (χ2n) is 9.53. The average molecular weight is 523 g/mol. The molecule has 38 heavy (non-hydrogen) atoms. The summed E-state index contributed by atoms with van der Waals surface area (Å²) in [7, 11) is 1.57. The van der Waals surface area contributed by atoms with Crippen LogP contribution in [0.5, 0.6) is 0 Å². The molecule has 1 N–H and O–H groups in total. The van der Waals surface area contributed by atoms with Crippen LogP contribution in [0.25, 0.3) is 22.0 Å². The largest absolute Gasteiger partial charge is 0.387 e. The molecular weight excluding hydrogens is 494 g/mol. The van der Waals surface area contributed by atoms with Crippen LogP contribution in [0.15, 0.2) is 53.6 Å². The normalized spacial score (nSPS) is 16.7. The number of hydrogen-bond acceptors (Lipinski definition) is 6. The van der Waals surface area contributed by atoms with Gasteiger partial charge in [0.2, 0.25) is 11.9 Å². The zero-order chi connectivity index (χ0) is 27.1. The van der Waals surface area contributed by atoms with Crippen LogP contribution in [0.1, 0.15) is 25.5 Å². The van der Waals surface area contributed by atoms with Crippen LogP contribution in [0.2, 0.25) is 0 Å². The summed E-state index contributed by atoms with van der Waals surface area (Å²) >= 11 is 0. The van der Waals surface area contributed by atoms with Crippen molar-refractivity contribution in [1.82, 2.24) is 24.2 Å². The molecule has 198 valence electrons. The summed E-state index contributed by atoms with van der Waals surface area (Å²) < 4.78 is 32.1. The first-order valence-electron chi connectivity index (χ1n) is 12.3. The number of benzene rings is 2. The molecule has 2 aromatic carbocycles. The van der Waals surface area contributed by atoms with E-state index in [1.165, 1.54) is 22.9 Å². The second-order valence-corrected chi connectivity index (χ2v) is 9.53. The summed E-state index contributed by atoms with van der Waals surface area (Å²) in [4.78, 5) is 37.5. The summed E-state index contributed by atoms with van der Waals surface area (Å²) in [6.45, 7) is 4.61. The minimum Gasteiger partial charge on any atom is -0.387 e. The molecule has 2 aromatic heterocycles. The zero-order valence-corrected chi connectivity index (χ0v) is 21.3. The third kappa shape index (κ3) is 4.32. The number of aliphatic hydroxyl groups excluding tert-OH is 1. The van der Waals surface area contributed by atoms with Crippen LogP contribution in [0.3, 0.4) is 0 Å². The van der Waals surface area contributed by atoms with Crippen LogP contribution in [0.4, 0.5) is 14.7 Å². The zero-order valence-electron chi connectivity index (χ0n) is 21.3. The van der Waals surface area contributed by atoms with Gasteiger partial charge in [0, 0.05) is 56.2 Å². The van der Waals surface area contributed by atoms with Crippen molar-refractivity contribution >= 4 is 22.8 Å². The highest BCUT2D eigenvalue weighted by Gasteiger charge is 2.28. The fraction of sp³-hybridized carbons (Fsp3) is 0.333.